The predicted octanol–water partition coefficient (Wildman–Crippen LogP) is 10.5. The van der Waals surface area contributed by atoms with Crippen molar-refractivity contribution in [2.24, 2.45) is 56.7 Å². The van der Waals surface area contributed by atoms with Gasteiger partial charge in [-0.3, -0.25) is 0 Å². The van der Waals surface area contributed by atoms with Gasteiger partial charge in [0.25, 0.3) is 0 Å². The van der Waals surface area contributed by atoms with Crippen LogP contribution in [0.5, 0.6) is 0 Å². The second kappa shape index (κ2) is 9.59. The molecule has 9 atom stereocenters. The van der Waals surface area contributed by atoms with E-state index in [1.54, 1.807) is 0 Å². The summed E-state index contributed by atoms with van der Waals surface area (Å²) < 4.78 is 4.95. The Labute approximate surface area is 250 Å². The highest BCUT2D eigenvalue weighted by Gasteiger charge is 2.70. The van der Waals surface area contributed by atoms with E-state index < -0.39 is 0 Å². The average molecular weight is 557 g/mol. The van der Waals surface area contributed by atoms with Gasteiger partial charge in [-0.1, -0.05) is 78.3 Å². The number of hydrogen-bond acceptors (Lipinski definition) is 2. The summed E-state index contributed by atoms with van der Waals surface area (Å²) in [6.07, 6.45) is 16.3. The van der Waals surface area contributed by atoms with Gasteiger partial charge in [0.2, 0.25) is 0 Å². The molecule has 1 aromatic carbocycles. The Bertz CT molecular complexity index is 1250. The minimum absolute atomic E-state index is 0.0965. The molecule has 2 heteroatoms. The monoisotopic (exact) mass is 556 g/mol. The second-order valence-corrected chi connectivity index (χ2v) is 16.5. The van der Waals surface area contributed by atoms with Crippen molar-refractivity contribution in [1.82, 2.24) is 0 Å². The SMILES string of the molecule is C=C(C)[C@@H]1CC[C@]2(CC)CC[C@]3(C)[C@H](CC[C@@H]4[C@@]5(C)CC=C(c6ccc(C(=O)OC)cc6)C(C)(C)[C@@H]5CC[C@]43C)[C@@H]12. The largest absolute Gasteiger partial charge is 0.465 e. The van der Waals surface area contributed by atoms with E-state index in [0.29, 0.717) is 33.1 Å². The molecular formula is C39H56O2. The number of methoxy groups -OCH3 is 1. The van der Waals surface area contributed by atoms with E-state index in [1.165, 1.54) is 88.0 Å². The zero-order chi connectivity index (χ0) is 29.6. The van der Waals surface area contributed by atoms with Crippen LogP contribution in [0.3, 0.4) is 0 Å². The van der Waals surface area contributed by atoms with Crippen molar-refractivity contribution >= 4 is 11.5 Å². The summed E-state index contributed by atoms with van der Waals surface area (Å²) in [5, 5.41) is 0. The Morgan fingerprint density at radius 3 is 2.24 bits per heavy atom. The first-order valence-electron chi connectivity index (χ1n) is 16.8. The maximum Gasteiger partial charge on any atom is 0.337 e. The Hall–Kier alpha value is -1.83. The fourth-order valence-electron chi connectivity index (χ4n) is 12.9. The molecule has 0 aromatic heterocycles. The molecule has 0 N–H and O–H groups in total. The van der Waals surface area contributed by atoms with Gasteiger partial charge in [0, 0.05) is 0 Å². The summed E-state index contributed by atoms with van der Waals surface area (Å²) in [5.74, 6) is 3.60. The molecule has 0 bridgehead atoms. The normalized spacial score (nSPS) is 44.5. The smallest absolute Gasteiger partial charge is 0.337 e. The lowest BCUT2D eigenvalue weighted by molar-refractivity contribution is -0.225. The predicted molar refractivity (Wildman–Crippen MR) is 170 cm³/mol. The molecule has 2 nitrogen and oxygen atoms in total. The minimum atomic E-state index is -0.261. The van der Waals surface area contributed by atoms with Gasteiger partial charge in [-0.2, -0.15) is 0 Å². The number of rotatable bonds is 4. The van der Waals surface area contributed by atoms with Crippen LogP contribution in [-0.4, -0.2) is 13.1 Å². The highest BCUT2D eigenvalue weighted by Crippen LogP contribution is 2.78. The van der Waals surface area contributed by atoms with E-state index in [2.05, 4.69) is 73.3 Å². The third-order valence-electron chi connectivity index (χ3n) is 15.1. The fraction of sp³-hybridized carbons (Fsp3) is 0.718. The summed E-state index contributed by atoms with van der Waals surface area (Å²) in [6, 6.07) is 8.16. The molecule has 5 aliphatic rings. The van der Waals surface area contributed by atoms with Gasteiger partial charge < -0.3 is 4.74 Å². The molecule has 0 unspecified atom stereocenters. The van der Waals surface area contributed by atoms with Gasteiger partial charge in [-0.25, -0.2) is 4.79 Å². The van der Waals surface area contributed by atoms with Gasteiger partial charge in [-0.15, -0.1) is 0 Å². The van der Waals surface area contributed by atoms with Crippen molar-refractivity contribution in [3.8, 4) is 0 Å². The number of esters is 1. The summed E-state index contributed by atoms with van der Waals surface area (Å²) in [6.45, 7) is 22.6. The van der Waals surface area contributed by atoms with Gasteiger partial charge in [0.1, 0.15) is 0 Å². The van der Waals surface area contributed by atoms with Crippen LogP contribution in [0, 0.1) is 56.7 Å². The van der Waals surface area contributed by atoms with Crippen LogP contribution >= 0.6 is 0 Å². The molecule has 4 fully saturated rings. The Kier molecular flexibility index (Phi) is 6.84. The van der Waals surface area contributed by atoms with Crippen LogP contribution in [0.1, 0.15) is 129 Å². The maximum atomic E-state index is 12.1. The summed E-state index contributed by atoms with van der Waals surface area (Å²) in [4.78, 5) is 12.1. The lowest BCUT2D eigenvalue weighted by Gasteiger charge is -2.72. The topological polar surface area (TPSA) is 26.3 Å². The van der Waals surface area contributed by atoms with Gasteiger partial charge in [0.05, 0.1) is 12.7 Å². The van der Waals surface area contributed by atoms with Crippen LogP contribution in [0.15, 0.2) is 42.5 Å². The molecule has 0 aliphatic heterocycles. The van der Waals surface area contributed by atoms with Crippen LogP contribution in [0.4, 0.5) is 0 Å². The summed E-state index contributed by atoms with van der Waals surface area (Å²) in [5.41, 5.74) is 6.63. The standard InChI is InChI=1S/C39H56O2/c1-10-39-22-17-28(25(2)3)33(39)30-15-16-32-36(6)20-18-29(26-11-13-27(14-12-26)34(40)41-9)35(4,5)31(36)19-21-38(32,8)37(30,7)23-24-39/h11-14,18,28,30-33H,2,10,15-17,19-24H2,1,3-9H3/t28-,30+,31-,32+,33+,36-,37+,38+,39+/m0/s1. The van der Waals surface area contributed by atoms with Crippen molar-refractivity contribution in [1.29, 1.82) is 0 Å². The van der Waals surface area contributed by atoms with Crippen LogP contribution in [0.2, 0.25) is 0 Å². The van der Waals surface area contributed by atoms with Gasteiger partial charge in [0.15, 0.2) is 0 Å². The van der Waals surface area contributed by atoms with Crippen molar-refractivity contribution in [3.05, 3.63) is 53.6 Å². The summed E-state index contributed by atoms with van der Waals surface area (Å²) >= 11 is 0. The van der Waals surface area contributed by atoms with Crippen molar-refractivity contribution in [2.45, 2.75) is 113 Å². The molecular weight excluding hydrogens is 500 g/mol. The molecule has 6 rings (SSSR count). The third kappa shape index (κ3) is 3.83. The first-order chi connectivity index (χ1) is 19.3. The van der Waals surface area contributed by atoms with Crippen molar-refractivity contribution in [3.63, 3.8) is 0 Å². The van der Waals surface area contributed by atoms with Gasteiger partial charge in [-0.05, 0) is 145 Å². The fourth-order valence-corrected chi connectivity index (χ4v) is 12.9. The Balaban J connectivity index is 1.35. The number of hydrogen-bond donors (Lipinski definition) is 0. The van der Waals surface area contributed by atoms with Crippen molar-refractivity contribution < 1.29 is 9.53 Å². The van der Waals surface area contributed by atoms with Crippen LogP contribution in [0.25, 0.3) is 5.57 Å². The van der Waals surface area contributed by atoms with E-state index in [4.69, 9.17) is 4.74 Å². The summed E-state index contributed by atoms with van der Waals surface area (Å²) in [7, 11) is 1.45. The molecule has 1 aromatic rings. The molecule has 0 heterocycles. The quantitative estimate of drug-likeness (QED) is 0.272. The molecule has 5 aliphatic carbocycles. The molecule has 0 radical (unpaired) electrons. The van der Waals surface area contributed by atoms with Crippen molar-refractivity contribution in [2.75, 3.05) is 7.11 Å². The highest BCUT2D eigenvalue weighted by atomic mass is 16.5. The van der Waals surface area contributed by atoms with Crippen LogP contribution < -0.4 is 0 Å². The van der Waals surface area contributed by atoms with E-state index in [-0.39, 0.29) is 11.4 Å². The Morgan fingerprint density at radius 1 is 0.902 bits per heavy atom. The number of benzene rings is 1. The molecule has 4 saturated carbocycles. The second-order valence-electron chi connectivity index (χ2n) is 16.5. The number of carbonyl (C=O) groups excluding carboxylic acids is 1. The first kappa shape index (κ1) is 29.3. The third-order valence-corrected chi connectivity index (χ3v) is 15.1. The number of fused-ring (bicyclic) bond motifs is 7. The zero-order valence-electron chi connectivity index (χ0n) is 27.4. The zero-order valence-corrected chi connectivity index (χ0v) is 27.4. The molecule has 0 saturated heterocycles. The van der Waals surface area contributed by atoms with Gasteiger partial charge >= 0.3 is 5.97 Å². The highest BCUT2D eigenvalue weighted by molar-refractivity contribution is 5.89. The number of carbonyl (C=O) groups is 1. The average Bonchev–Trinajstić information content (AvgIpc) is 3.33. The number of allylic oxidation sites excluding steroid dienone is 3. The molecule has 224 valence electrons. The molecule has 41 heavy (non-hydrogen) atoms. The maximum absolute atomic E-state index is 12.1. The minimum Gasteiger partial charge on any atom is -0.465 e. The first-order valence-corrected chi connectivity index (χ1v) is 16.8. The number of ether oxygens (including phenoxy) is 1. The van der Waals surface area contributed by atoms with E-state index in [9.17, 15) is 4.79 Å². The Morgan fingerprint density at radius 2 is 1.61 bits per heavy atom. The lowest BCUT2D eigenvalue weighted by atomic mass is 9.32. The van der Waals surface area contributed by atoms with E-state index in [0.717, 1.165) is 23.7 Å². The molecule has 0 spiro atoms. The van der Waals surface area contributed by atoms with E-state index in [1.807, 2.05) is 12.1 Å². The van der Waals surface area contributed by atoms with Crippen LogP contribution in [-0.2, 0) is 4.74 Å². The van der Waals surface area contributed by atoms with E-state index >= 15 is 0 Å². The molecule has 0 amide bonds. The lowest BCUT2D eigenvalue weighted by Crippen LogP contribution is -2.65.